The molecule has 0 bridgehead atoms. The van der Waals surface area contributed by atoms with Crippen molar-refractivity contribution in [3.8, 4) is 0 Å². The van der Waals surface area contributed by atoms with Gasteiger partial charge in [-0.2, -0.15) is 0 Å². The van der Waals surface area contributed by atoms with E-state index in [0.29, 0.717) is 5.41 Å². The summed E-state index contributed by atoms with van der Waals surface area (Å²) >= 11 is 0. The van der Waals surface area contributed by atoms with Crippen LogP contribution in [0.25, 0.3) is 0 Å². The van der Waals surface area contributed by atoms with Crippen molar-refractivity contribution in [3.05, 3.63) is 11.6 Å². The van der Waals surface area contributed by atoms with Crippen LogP contribution in [0.3, 0.4) is 0 Å². The summed E-state index contributed by atoms with van der Waals surface area (Å²) in [4.78, 5) is 15.0. The number of hydrogen-bond donors (Lipinski definition) is 1. The van der Waals surface area contributed by atoms with E-state index in [1.54, 1.807) is 0 Å². The van der Waals surface area contributed by atoms with Gasteiger partial charge in [0.25, 0.3) is 0 Å². The molecule has 6 nitrogen and oxygen atoms in total. The molecular weight excluding hydrogens is 314 g/mol. The molecule has 6 heteroatoms. The number of amides is 2. The summed E-state index contributed by atoms with van der Waals surface area (Å²) in [5.74, 6) is 1.88. The molecule has 4 rings (SSSR count). The van der Waals surface area contributed by atoms with Gasteiger partial charge in [-0.25, -0.2) is 4.79 Å². The summed E-state index contributed by atoms with van der Waals surface area (Å²) in [7, 11) is 0. The van der Waals surface area contributed by atoms with Gasteiger partial charge >= 0.3 is 6.03 Å². The molecule has 2 aliphatic heterocycles. The molecule has 2 amide bonds. The van der Waals surface area contributed by atoms with Crippen LogP contribution in [0.5, 0.6) is 0 Å². The predicted molar refractivity (Wildman–Crippen MR) is 96.2 cm³/mol. The second-order valence-corrected chi connectivity index (χ2v) is 8.34. The maximum absolute atomic E-state index is 13.0. The fourth-order valence-electron chi connectivity index (χ4n) is 5.16. The summed E-state index contributed by atoms with van der Waals surface area (Å²) in [5, 5.41) is 11.8. The quantitative estimate of drug-likeness (QED) is 0.846. The van der Waals surface area contributed by atoms with Gasteiger partial charge in [0.15, 0.2) is 5.82 Å². The molecule has 0 radical (unpaired) electrons. The Hall–Kier alpha value is -1.59. The Morgan fingerprint density at radius 1 is 1.04 bits per heavy atom. The van der Waals surface area contributed by atoms with E-state index < -0.39 is 0 Å². The summed E-state index contributed by atoms with van der Waals surface area (Å²) in [5.41, 5.74) is 0.384. The molecule has 1 saturated carbocycles. The first kappa shape index (κ1) is 16.9. The van der Waals surface area contributed by atoms with Gasteiger partial charge in [0.1, 0.15) is 5.82 Å². The lowest BCUT2D eigenvalue weighted by Gasteiger charge is -2.43. The standard InChI is InChI=1S/C19H31N5O/c1-15-21-22-17-16(8-6-13-24(15)17)20-18(25)23-12-7-11-19(14-23)9-4-2-3-5-10-19/h16H,2-14H2,1H3,(H,20,25). The molecule has 138 valence electrons. The summed E-state index contributed by atoms with van der Waals surface area (Å²) < 4.78 is 2.15. The highest BCUT2D eigenvalue weighted by Gasteiger charge is 2.38. The van der Waals surface area contributed by atoms with Crippen molar-refractivity contribution < 1.29 is 4.79 Å². The lowest BCUT2D eigenvalue weighted by molar-refractivity contribution is 0.0887. The number of carbonyl (C=O) groups is 1. The lowest BCUT2D eigenvalue weighted by Crippen LogP contribution is -2.50. The summed E-state index contributed by atoms with van der Waals surface area (Å²) in [6, 6.07) is 0.108. The Kier molecular flexibility index (Phi) is 4.69. The van der Waals surface area contributed by atoms with Crippen LogP contribution < -0.4 is 5.32 Å². The Balaban J connectivity index is 1.43. The number of aromatic nitrogens is 3. The zero-order chi connectivity index (χ0) is 17.3. The average Bonchev–Trinajstić information content (AvgIpc) is 2.86. The van der Waals surface area contributed by atoms with Crippen LogP contribution >= 0.6 is 0 Å². The first-order valence-corrected chi connectivity index (χ1v) is 10.1. The number of fused-ring (bicyclic) bond motifs is 1. The highest BCUT2D eigenvalue weighted by molar-refractivity contribution is 5.74. The maximum Gasteiger partial charge on any atom is 0.318 e. The number of hydrogen-bond acceptors (Lipinski definition) is 3. The highest BCUT2D eigenvalue weighted by atomic mass is 16.2. The van der Waals surface area contributed by atoms with Crippen LogP contribution in [0.15, 0.2) is 0 Å². The molecule has 1 atom stereocenters. The molecular formula is C19H31N5O. The zero-order valence-electron chi connectivity index (χ0n) is 15.5. The van der Waals surface area contributed by atoms with E-state index in [2.05, 4.69) is 25.0 Å². The van der Waals surface area contributed by atoms with Crippen LogP contribution in [0.1, 0.15) is 81.9 Å². The Morgan fingerprint density at radius 2 is 1.80 bits per heavy atom. The molecule has 1 unspecified atom stereocenters. The molecule has 1 spiro atoms. The van der Waals surface area contributed by atoms with Crippen molar-refractivity contribution in [2.75, 3.05) is 13.1 Å². The van der Waals surface area contributed by atoms with Gasteiger partial charge in [0.2, 0.25) is 0 Å². The first-order valence-electron chi connectivity index (χ1n) is 10.1. The minimum Gasteiger partial charge on any atom is -0.328 e. The molecule has 3 heterocycles. The number of piperidine rings is 1. The number of likely N-dealkylation sites (tertiary alicyclic amines) is 1. The molecule has 1 saturated heterocycles. The third-order valence-corrected chi connectivity index (χ3v) is 6.56. The van der Waals surface area contributed by atoms with Crippen molar-refractivity contribution in [1.82, 2.24) is 25.0 Å². The van der Waals surface area contributed by atoms with Gasteiger partial charge in [-0.3, -0.25) is 0 Å². The smallest absolute Gasteiger partial charge is 0.318 e. The first-order chi connectivity index (χ1) is 12.2. The number of rotatable bonds is 1. The predicted octanol–water partition coefficient (Wildman–Crippen LogP) is 3.57. The molecule has 1 N–H and O–H groups in total. The average molecular weight is 345 g/mol. The molecule has 1 aromatic heterocycles. The van der Waals surface area contributed by atoms with Crippen molar-refractivity contribution in [2.45, 2.75) is 83.7 Å². The summed E-state index contributed by atoms with van der Waals surface area (Å²) in [6.45, 7) is 4.79. The minimum atomic E-state index is 0.00876. The van der Waals surface area contributed by atoms with Gasteiger partial charge in [-0.15, -0.1) is 10.2 Å². The number of aryl methyl sites for hydroxylation is 1. The molecule has 0 aromatic carbocycles. The highest BCUT2D eigenvalue weighted by Crippen LogP contribution is 2.42. The van der Waals surface area contributed by atoms with Gasteiger partial charge in [0.05, 0.1) is 6.04 Å². The van der Waals surface area contributed by atoms with Crippen LogP contribution in [-0.2, 0) is 6.54 Å². The van der Waals surface area contributed by atoms with Gasteiger partial charge in [-0.05, 0) is 50.9 Å². The normalized spacial score (nSPS) is 26.1. The third kappa shape index (κ3) is 3.40. The van der Waals surface area contributed by atoms with Crippen LogP contribution in [0.2, 0.25) is 0 Å². The molecule has 3 aliphatic rings. The molecule has 2 fully saturated rings. The van der Waals surface area contributed by atoms with E-state index >= 15 is 0 Å². The van der Waals surface area contributed by atoms with Crippen LogP contribution in [0.4, 0.5) is 4.79 Å². The Morgan fingerprint density at radius 3 is 2.60 bits per heavy atom. The SMILES string of the molecule is Cc1nnc2n1CCCC2NC(=O)N1CCCC2(CCCCCC2)C1. The van der Waals surface area contributed by atoms with E-state index in [1.165, 1.54) is 44.9 Å². The third-order valence-electron chi connectivity index (χ3n) is 6.56. The van der Waals surface area contributed by atoms with Crippen molar-refractivity contribution in [3.63, 3.8) is 0 Å². The fourth-order valence-corrected chi connectivity index (χ4v) is 5.16. The maximum atomic E-state index is 13.0. The number of nitrogens with one attached hydrogen (secondary N) is 1. The second-order valence-electron chi connectivity index (χ2n) is 8.34. The van der Waals surface area contributed by atoms with E-state index in [-0.39, 0.29) is 12.1 Å². The lowest BCUT2D eigenvalue weighted by atomic mass is 9.74. The number of nitrogens with zero attached hydrogens (tertiary/aromatic N) is 4. The van der Waals surface area contributed by atoms with Gasteiger partial charge in [-0.1, -0.05) is 25.7 Å². The fraction of sp³-hybridized carbons (Fsp3) is 0.842. The second kappa shape index (κ2) is 6.96. The van der Waals surface area contributed by atoms with Crippen LogP contribution in [0, 0.1) is 12.3 Å². The topological polar surface area (TPSA) is 63.1 Å². The largest absolute Gasteiger partial charge is 0.328 e. The van der Waals surface area contributed by atoms with Crippen molar-refractivity contribution >= 4 is 6.03 Å². The summed E-state index contributed by atoms with van der Waals surface area (Å²) in [6.07, 6.45) is 12.5. The van der Waals surface area contributed by atoms with E-state index in [4.69, 9.17) is 0 Å². The van der Waals surface area contributed by atoms with E-state index in [9.17, 15) is 4.79 Å². The monoisotopic (exact) mass is 345 g/mol. The van der Waals surface area contributed by atoms with E-state index in [1.807, 2.05) is 6.92 Å². The number of carbonyl (C=O) groups excluding carboxylic acids is 1. The Labute approximate surface area is 150 Å². The van der Waals surface area contributed by atoms with Crippen molar-refractivity contribution in [2.24, 2.45) is 5.41 Å². The van der Waals surface area contributed by atoms with Gasteiger partial charge < -0.3 is 14.8 Å². The minimum absolute atomic E-state index is 0.00876. The zero-order valence-corrected chi connectivity index (χ0v) is 15.5. The van der Waals surface area contributed by atoms with Gasteiger partial charge in [0, 0.05) is 19.6 Å². The number of urea groups is 1. The van der Waals surface area contributed by atoms with Crippen molar-refractivity contribution in [1.29, 1.82) is 0 Å². The molecule has 1 aromatic rings. The Bertz CT molecular complexity index is 617. The molecule has 25 heavy (non-hydrogen) atoms. The van der Waals surface area contributed by atoms with E-state index in [0.717, 1.165) is 50.5 Å². The molecule has 1 aliphatic carbocycles. The van der Waals surface area contributed by atoms with Crippen LogP contribution in [-0.4, -0.2) is 38.8 Å².